The lowest BCUT2D eigenvalue weighted by Gasteiger charge is -2.08. The highest BCUT2D eigenvalue weighted by Gasteiger charge is 2.07. The van der Waals surface area contributed by atoms with Crippen molar-refractivity contribution in [2.45, 2.75) is 32.9 Å². The van der Waals surface area contributed by atoms with Gasteiger partial charge in [-0.2, -0.15) is 0 Å². The van der Waals surface area contributed by atoms with Crippen molar-refractivity contribution >= 4 is 0 Å². The maximum absolute atomic E-state index is 13.6. The summed E-state index contributed by atoms with van der Waals surface area (Å²) in [5.41, 5.74) is 1.24. The molecule has 3 nitrogen and oxygen atoms in total. The minimum absolute atomic E-state index is 0.252. The molecule has 0 bridgehead atoms. The smallest absolute Gasteiger partial charge is 0.133 e. The van der Waals surface area contributed by atoms with Crippen LogP contribution in [0.4, 0.5) is 8.78 Å². The summed E-state index contributed by atoms with van der Waals surface area (Å²) in [5, 5.41) is 3.26. The lowest BCUT2D eigenvalue weighted by molar-refractivity contribution is 0.571. The zero-order valence-corrected chi connectivity index (χ0v) is 11.5. The van der Waals surface area contributed by atoms with Gasteiger partial charge in [-0.3, -0.25) is 0 Å². The van der Waals surface area contributed by atoms with Gasteiger partial charge < -0.3 is 5.32 Å². The van der Waals surface area contributed by atoms with Crippen LogP contribution in [0.3, 0.4) is 0 Å². The monoisotopic (exact) mass is 277 g/mol. The molecule has 2 aromatic rings. The molecule has 0 aliphatic carbocycles. The molecule has 0 fully saturated rings. The van der Waals surface area contributed by atoms with Crippen molar-refractivity contribution in [1.29, 1.82) is 0 Å². The van der Waals surface area contributed by atoms with Gasteiger partial charge in [0.15, 0.2) is 0 Å². The maximum Gasteiger partial charge on any atom is 0.133 e. The topological polar surface area (TPSA) is 37.8 Å². The number of benzene rings is 1. The Bertz CT molecular complexity index is 585. The Morgan fingerprint density at radius 3 is 2.70 bits per heavy atom. The van der Waals surface area contributed by atoms with Crippen molar-refractivity contribution in [2.24, 2.45) is 0 Å². The van der Waals surface area contributed by atoms with Crippen LogP contribution in [0.1, 0.15) is 30.9 Å². The summed E-state index contributed by atoms with van der Waals surface area (Å²) in [6.07, 6.45) is 1.91. The largest absolute Gasteiger partial charge is 0.309 e. The van der Waals surface area contributed by atoms with E-state index in [1.54, 1.807) is 6.20 Å². The molecule has 0 saturated heterocycles. The van der Waals surface area contributed by atoms with Gasteiger partial charge >= 0.3 is 0 Å². The van der Waals surface area contributed by atoms with Gasteiger partial charge in [-0.25, -0.2) is 18.7 Å². The maximum atomic E-state index is 13.6. The molecule has 2 rings (SSSR count). The number of hydrogen-bond donors (Lipinski definition) is 1. The van der Waals surface area contributed by atoms with Gasteiger partial charge in [0.1, 0.15) is 17.5 Å². The molecule has 0 spiro atoms. The second-order valence-electron chi connectivity index (χ2n) is 4.91. The van der Waals surface area contributed by atoms with E-state index in [9.17, 15) is 8.78 Å². The predicted molar refractivity (Wildman–Crippen MR) is 73.2 cm³/mol. The zero-order valence-electron chi connectivity index (χ0n) is 11.5. The molecule has 0 unspecified atom stereocenters. The third kappa shape index (κ3) is 4.06. The van der Waals surface area contributed by atoms with E-state index in [0.717, 1.165) is 11.8 Å². The van der Waals surface area contributed by atoms with Crippen LogP contribution in [0.5, 0.6) is 0 Å². The Morgan fingerprint density at radius 2 is 2.00 bits per heavy atom. The van der Waals surface area contributed by atoms with E-state index >= 15 is 0 Å². The molecular formula is C15H17F2N3. The number of nitrogens with zero attached hydrogens (tertiary/aromatic N) is 2. The van der Waals surface area contributed by atoms with E-state index in [1.165, 1.54) is 12.1 Å². The van der Waals surface area contributed by atoms with Crippen LogP contribution in [-0.4, -0.2) is 16.0 Å². The summed E-state index contributed by atoms with van der Waals surface area (Å²) >= 11 is 0. The first kappa shape index (κ1) is 14.5. The van der Waals surface area contributed by atoms with E-state index in [2.05, 4.69) is 29.1 Å². The lowest BCUT2D eigenvalue weighted by Crippen LogP contribution is -2.22. The molecule has 0 atom stereocenters. The van der Waals surface area contributed by atoms with Gasteiger partial charge in [0.25, 0.3) is 0 Å². The van der Waals surface area contributed by atoms with Crippen LogP contribution in [0.25, 0.3) is 0 Å². The van der Waals surface area contributed by atoms with Crippen molar-refractivity contribution in [3.05, 3.63) is 59.2 Å². The Hall–Kier alpha value is -1.88. The van der Waals surface area contributed by atoms with E-state index in [-0.39, 0.29) is 6.42 Å². The Labute approximate surface area is 117 Å². The first-order valence-electron chi connectivity index (χ1n) is 6.52. The summed E-state index contributed by atoms with van der Waals surface area (Å²) in [6, 6.07) is 5.72. The van der Waals surface area contributed by atoms with Crippen LogP contribution in [0, 0.1) is 11.6 Å². The van der Waals surface area contributed by atoms with Crippen molar-refractivity contribution in [1.82, 2.24) is 15.3 Å². The molecule has 0 aliphatic rings. The standard InChI is InChI=1S/C15H17F2N3/c1-10(2)19-9-13-5-6-18-15(20-13)7-11-3-4-12(16)8-14(11)17/h3-6,8,10,19H,7,9H2,1-2H3. The lowest BCUT2D eigenvalue weighted by atomic mass is 10.1. The third-order valence-electron chi connectivity index (χ3n) is 2.82. The first-order valence-corrected chi connectivity index (χ1v) is 6.52. The number of hydrogen-bond acceptors (Lipinski definition) is 3. The molecule has 0 amide bonds. The van der Waals surface area contributed by atoms with Crippen molar-refractivity contribution in [3.63, 3.8) is 0 Å². The van der Waals surface area contributed by atoms with E-state index in [1.807, 2.05) is 6.07 Å². The highest BCUT2D eigenvalue weighted by atomic mass is 19.1. The van der Waals surface area contributed by atoms with Gasteiger partial charge in [0.2, 0.25) is 0 Å². The normalized spacial score (nSPS) is 11.1. The van der Waals surface area contributed by atoms with E-state index in [4.69, 9.17) is 0 Å². The van der Waals surface area contributed by atoms with E-state index < -0.39 is 11.6 Å². The Kier molecular flexibility index (Phi) is 4.74. The van der Waals surface area contributed by atoms with Crippen LogP contribution < -0.4 is 5.32 Å². The zero-order chi connectivity index (χ0) is 14.5. The fraction of sp³-hybridized carbons (Fsp3) is 0.333. The number of rotatable bonds is 5. The fourth-order valence-electron chi connectivity index (χ4n) is 1.77. The molecule has 0 aliphatic heterocycles. The Morgan fingerprint density at radius 1 is 1.20 bits per heavy atom. The highest BCUT2D eigenvalue weighted by Crippen LogP contribution is 2.12. The van der Waals surface area contributed by atoms with Crippen LogP contribution in [0.15, 0.2) is 30.5 Å². The molecule has 1 aromatic carbocycles. The number of halogens is 2. The number of nitrogens with one attached hydrogen (secondary N) is 1. The molecule has 1 aromatic heterocycles. The summed E-state index contributed by atoms with van der Waals surface area (Å²) in [6.45, 7) is 4.74. The average Bonchev–Trinajstić information content (AvgIpc) is 2.40. The van der Waals surface area contributed by atoms with Gasteiger partial charge in [0, 0.05) is 31.3 Å². The predicted octanol–water partition coefficient (Wildman–Crippen LogP) is 2.84. The van der Waals surface area contributed by atoms with Gasteiger partial charge in [0.05, 0.1) is 5.69 Å². The molecule has 0 saturated carbocycles. The van der Waals surface area contributed by atoms with Crippen molar-refractivity contribution < 1.29 is 8.78 Å². The van der Waals surface area contributed by atoms with Crippen LogP contribution in [-0.2, 0) is 13.0 Å². The minimum atomic E-state index is -0.581. The van der Waals surface area contributed by atoms with Crippen molar-refractivity contribution in [2.75, 3.05) is 0 Å². The molecule has 0 radical (unpaired) electrons. The van der Waals surface area contributed by atoms with Crippen LogP contribution in [0.2, 0.25) is 0 Å². The molecule has 20 heavy (non-hydrogen) atoms. The number of aromatic nitrogens is 2. The quantitative estimate of drug-likeness (QED) is 0.913. The second kappa shape index (κ2) is 6.52. The highest BCUT2D eigenvalue weighted by molar-refractivity contribution is 5.22. The van der Waals surface area contributed by atoms with E-state index in [0.29, 0.717) is 24.0 Å². The van der Waals surface area contributed by atoms with Gasteiger partial charge in [-0.1, -0.05) is 19.9 Å². The van der Waals surface area contributed by atoms with Gasteiger partial charge in [-0.15, -0.1) is 0 Å². The Balaban J connectivity index is 2.11. The summed E-state index contributed by atoms with van der Waals surface area (Å²) in [7, 11) is 0. The summed E-state index contributed by atoms with van der Waals surface area (Å²) < 4.78 is 26.4. The molecular weight excluding hydrogens is 260 g/mol. The summed E-state index contributed by atoms with van der Waals surface area (Å²) in [5.74, 6) is -0.625. The minimum Gasteiger partial charge on any atom is -0.309 e. The average molecular weight is 277 g/mol. The molecule has 1 N–H and O–H groups in total. The van der Waals surface area contributed by atoms with Crippen LogP contribution >= 0.6 is 0 Å². The summed E-state index contributed by atoms with van der Waals surface area (Å²) in [4.78, 5) is 8.50. The fourth-order valence-corrected chi connectivity index (χ4v) is 1.77. The van der Waals surface area contributed by atoms with Crippen molar-refractivity contribution in [3.8, 4) is 0 Å². The van der Waals surface area contributed by atoms with Gasteiger partial charge in [-0.05, 0) is 17.7 Å². The second-order valence-corrected chi connectivity index (χ2v) is 4.91. The third-order valence-corrected chi connectivity index (χ3v) is 2.82. The molecule has 5 heteroatoms. The first-order chi connectivity index (χ1) is 9.54. The SMILES string of the molecule is CC(C)NCc1ccnc(Cc2ccc(F)cc2F)n1. The molecule has 1 heterocycles. The molecule has 106 valence electrons.